The average Bonchev–Trinajstić information content (AvgIpc) is 3.36. The van der Waals surface area contributed by atoms with Crippen molar-refractivity contribution >= 4 is 34.9 Å². The zero-order chi connectivity index (χ0) is 22.7. The number of nitriles is 1. The number of ketones is 1. The molecule has 2 aliphatic heterocycles. The molecule has 2 aliphatic rings. The van der Waals surface area contributed by atoms with Crippen LogP contribution in [0.2, 0.25) is 0 Å². The Morgan fingerprint density at radius 1 is 1.28 bits per heavy atom. The number of carbonyl (C=O) groups excluding carboxylic acids is 2. The minimum absolute atomic E-state index is 0.0205. The van der Waals surface area contributed by atoms with Crippen LogP contribution in [0.3, 0.4) is 0 Å². The molecule has 164 valence electrons. The number of dihydropyridines is 1. The quantitative estimate of drug-likeness (QED) is 0.502. The van der Waals surface area contributed by atoms with E-state index in [9.17, 15) is 14.9 Å². The molecule has 1 N–H and O–H groups in total. The molecule has 32 heavy (non-hydrogen) atoms. The molecular formula is C23H20N2O5S2. The number of methoxy groups -OCH3 is 1. The number of benzene rings is 1. The number of nitrogens with zero attached hydrogens (tertiary/aromatic N) is 1. The monoisotopic (exact) mass is 468 g/mol. The maximum Gasteiger partial charge on any atom is 0.336 e. The van der Waals surface area contributed by atoms with E-state index in [1.54, 1.807) is 25.1 Å². The second kappa shape index (κ2) is 9.51. The van der Waals surface area contributed by atoms with Crippen molar-refractivity contribution in [2.24, 2.45) is 0 Å². The lowest BCUT2D eigenvalue weighted by Gasteiger charge is -2.29. The molecule has 1 atom stereocenters. The lowest BCUT2D eigenvalue weighted by atomic mass is 9.82. The largest absolute Gasteiger partial charge is 0.486 e. The van der Waals surface area contributed by atoms with Gasteiger partial charge in [-0.1, -0.05) is 23.9 Å². The van der Waals surface area contributed by atoms with Gasteiger partial charge in [0.1, 0.15) is 13.2 Å². The predicted octanol–water partition coefficient (Wildman–Crippen LogP) is 4.00. The van der Waals surface area contributed by atoms with Gasteiger partial charge in [0, 0.05) is 5.70 Å². The molecule has 3 heterocycles. The first-order valence-corrected chi connectivity index (χ1v) is 11.7. The van der Waals surface area contributed by atoms with Gasteiger partial charge in [-0.25, -0.2) is 4.79 Å². The van der Waals surface area contributed by atoms with E-state index in [-0.39, 0.29) is 11.5 Å². The summed E-state index contributed by atoms with van der Waals surface area (Å²) in [6, 6.07) is 11.2. The Bertz CT molecular complexity index is 1160. The fourth-order valence-corrected chi connectivity index (χ4v) is 5.36. The molecule has 0 unspecified atom stereocenters. The van der Waals surface area contributed by atoms with Crippen LogP contribution in [0.15, 0.2) is 57.6 Å². The van der Waals surface area contributed by atoms with Gasteiger partial charge in [-0.2, -0.15) is 5.26 Å². The van der Waals surface area contributed by atoms with E-state index < -0.39 is 11.9 Å². The number of rotatable bonds is 6. The van der Waals surface area contributed by atoms with Crippen molar-refractivity contribution in [2.45, 2.75) is 12.8 Å². The highest BCUT2D eigenvalue weighted by molar-refractivity contribution is 8.03. The van der Waals surface area contributed by atoms with E-state index in [1.807, 2.05) is 17.5 Å². The Hall–Kier alpha value is -3.22. The Morgan fingerprint density at radius 2 is 2.06 bits per heavy atom. The van der Waals surface area contributed by atoms with Crippen molar-refractivity contribution in [3.63, 3.8) is 0 Å². The lowest BCUT2D eigenvalue weighted by Crippen LogP contribution is -2.29. The van der Waals surface area contributed by atoms with Gasteiger partial charge in [0.2, 0.25) is 0 Å². The van der Waals surface area contributed by atoms with Crippen molar-refractivity contribution in [3.8, 4) is 17.6 Å². The molecule has 7 nitrogen and oxygen atoms in total. The summed E-state index contributed by atoms with van der Waals surface area (Å²) in [7, 11) is 1.31. The minimum Gasteiger partial charge on any atom is -0.486 e. The molecule has 9 heteroatoms. The standard InChI is InChI=1S/C23H20N2O5S2/c1-13-20(23(27)28-2)21(14-5-6-17-18(10-14)30-8-7-29-17)15(11-24)22(25-13)32-12-16(26)19-4-3-9-31-19/h3-6,9-10,21,25H,7-8,12H2,1-2H3/t21-/m0/s1. The second-order valence-corrected chi connectivity index (χ2v) is 8.97. The first kappa shape index (κ1) is 22.0. The number of allylic oxidation sites excluding steroid dienone is 2. The summed E-state index contributed by atoms with van der Waals surface area (Å²) >= 11 is 2.63. The first-order chi connectivity index (χ1) is 15.5. The van der Waals surface area contributed by atoms with Crippen LogP contribution in [-0.4, -0.2) is 37.8 Å². The molecule has 0 saturated heterocycles. The smallest absolute Gasteiger partial charge is 0.336 e. The molecule has 0 radical (unpaired) electrons. The van der Waals surface area contributed by atoms with Gasteiger partial charge in [0.15, 0.2) is 17.3 Å². The molecule has 1 aromatic carbocycles. The van der Waals surface area contributed by atoms with Crippen LogP contribution in [0.5, 0.6) is 11.5 Å². The molecule has 4 rings (SSSR count). The third-order valence-corrected chi connectivity index (χ3v) is 7.02. The number of carbonyl (C=O) groups is 2. The number of thiophene rings is 1. The summed E-state index contributed by atoms with van der Waals surface area (Å²) in [5, 5.41) is 15.6. The second-order valence-electron chi connectivity index (χ2n) is 7.04. The fourth-order valence-electron chi connectivity index (χ4n) is 3.63. The van der Waals surface area contributed by atoms with Gasteiger partial charge in [0.25, 0.3) is 0 Å². The molecule has 2 aromatic rings. The van der Waals surface area contributed by atoms with Crippen LogP contribution in [-0.2, 0) is 9.53 Å². The van der Waals surface area contributed by atoms with Gasteiger partial charge in [-0.15, -0.1) is 11.3 Å². The summed E-state index contributed by atoms with van der Waals surface area (Å²) in [6.07, 6.45) is 0. The number of esters is 1. The van der Waals surface area contributed by atoms with Gasteiger partial charge >= 0.3 is 5.97 Å². The molecule has 0 fully saturated rings. The minimum atomic E-state index is -0.663. The molecule has 0 bridgehead atoms. The third kappa shape index (κ3) is 4.24. The SMILES string of the molecule is COC(=O)C1=C(C)NC(SCC(=O)c2cccs2)=C(C#N)[C@@H]1c1ccc2c(c1)OCCO2. The Kier molecular flexibility index (Phi) is 6.53. The van der Waals surface area contributed by atoms with E-state index >= 15 is 0 Å². The van der Waals surface area contributed by atoms with Crippen LogP contribution in [0.25, 0.3) is 0 Å². The predicted molar refractivity (Wildman–Crippen MR) is 122 cm³/mol. The Labute approximate surface area is 193 Å². The molecule has 0 saturated carbocycles. The van der Waals surface area contributed by atoms with E-state index in [1.165, 1.54) is 30.2 Å². The third-order valence-electron chi connectivity index (χ3n) is 5.10. The van der Waals surface area contributed by atoms with Crippen LogP contribution >= 0.6 is 23.1 Å². The first-order valence-electron chi connectivity index (χ1n) is 9.83. The van der Waals surface area contributed by atoms with Crippen LogP contribution < -0.4 is 14.8 Å². The van der Waals surface area contributed by atoms with Gasteiger partial charge in [-0.3, -0.25) is 4.79 Å². The number of ether oxygens (including phenoxy) is 3. The number of hydrogen-bond donors (Lipinski definition) is 1. The van der Waals surface area contributed by atoms with E-state index in [4.69, 9.17) is 14.2 Å². The highest BCUT2D eigenvalue weighted by atomic mass is 32.2. The summed E-state index contributed by atoms with van der Waals surface area (Å²) in [4.78, 5) is 25.8. The molecule has 1 aromatic heterocycles. The number of fused-ring (bicyclic) bond motifs is 1. The Morgan fingerprint density at radius 3 is 2.75 bits per heavy atom. The van der Waals surface area contributed by atoms with Crippen molar-refractivity contribution in [1.29, 1.82) is 5.26 Å². The number of hydrogen-bond acceptors (Lipinski definition) is 9. The topological polar surface area (TPSA) is 97.7 Å². The maximum atomic E-state index is 12.7. The average molecular weight is 469 g/mol. The number of nitrogens with one attached hydrogen (secondary N) is 1. The maximum absolute atomic E-state index is 12.7. The summed E-state index contributed by atoms with van der Waals surface area (Å²) in [5.41, 5.74) is 1.96. The molecular weight excluding hydrogens is 448 g/mol. The van der Waals surface area contributed by atoms with Gasteiger partial charge < -0.3 is 19.5 Å². The fraction of sp³-hybridized carbons (Fsp3) is 0.261. The van der Waals surface area contributed by atoms with Crippen molar-refractivity contribution in [1.82, 2.24) is 5.32 Å². The summed E-state index contributed by atoms with van der Waals surface area (Å²) < 4.78 is 16.3. The van der Waals surface area contributed by atoms with E-state index in [2.05, 4.69) is 11.4 Å². The van der Waals surface area contributed by atoms with Crippen molar-refractivity contribution in [3.05, 3.63) is 68.0 Å². The van der Waals surface area contributed by atoms with Crippen LogP contribution in [0, 0.1) is 11.3 Å². The highest BCUT2D eigenvalue weighted by Gasteiger charge is 2.36. The van der Waals surface area contributed by atoms with Gasteiger partial charge in [0.05, 0.1) is 45.9 Å². The zero-order valence-electron chi connectivity index (χ0n) is 17.5. The van der Waals surface area contributed by atoms with E-state index in [0.717, 1.165) is 0 Å². The van der Waals surface area contributed by atoms with Crippen molar-refractivity contribution in [2.75, 3.05) is 26.1 Å². The normalized spacial score (nSPS) is 17.5. The molecule has 0 aliphatic carbocycles. The lowest BCUT2D eigenvalue weighted by molar-refractivity contribution is -0.136. The number of Topliss-reactive ketones (excluding diaryl/α,β-unsaturated/α-hetero) is 1. The summed E-state index contributed by atoms with van der Waals surface area (Å²) in [5.74, 6) is 0.141. The Balaban J connectivity index is 1.73. The zero-order valence-corrected chi connectivity index (χ0v) is 19.1. The van der Waals surface area contributed by atoms with Gasteiger partial charge in [-0.05, 0) is 36.1 Å². The highest BCUT2D eigenvalue weighted by Crippen LogP contribution is 2.43. The molecule has 0 spiro atoms. The summed E-state index contributed by atoms with van der Waals surface area (Å²) in [6.45, 7) is 2.65. The molecule has 0 amide bonds. The van der Waals surface area contributed by atoms with Crippen LogP contribution in [0.4, 0.5) is 0 Å². The van der Waals surface area contributed by atoms with E-state index in [0.29, 0.717) is 57.0 Å². The van der Waals surface area contributed by atoms with Crippen LogP contribution in [0.1, 0.15) is 28.1 Å². The number of thioether (sulfide) groups is 1. The van der Waals surface area contributed by atoms with Crippen molar-refractivity contribution < 1.29 is 23.8 Å².